The molecule has 3 rings (SSSR count). The van der Waals surface area contributed by atoms with Crippen molar-refractivity contribution in [3.05, 3.63) is 48.0 Å². The summed E-state index contributed by atoms with van der Waals surface area (Å²) < 4.78 is 1.88. The lowest BCUT2D eigenvalue weighted by Gasteiger charge is -2.20. The van der Waals surface area contributed by atoms with Gasteiger partial charge in [-0.05, 0) is 54.5 Å². The van der Waals surface area contributed by atoms with Crippen LogP contribution in [0.2, 0.25) is 0 Å². The second-order valence-corrected chi connectivity index (χ2v) is 7.72. The Morgan fingerprint density at radius 1 is 1.05 bits per heavy atom. The van der Waals surface area contributed by atoms with Crippen LogP contribution < -0.4 is 0 Å². The van der Waals surface area contributed by atoms with Gasteiger partial charge >= 0.3 is 0 Å². The molecule has 0 spiro atoms. The fourth-order valence-electron chi connectivity index (χ4n) is 2.36. The molecule has 1 unspecified atom stereocenters. The average Bonchev–Trinajstić information content (AvgIpc) is 2.95. The van der Waals surface area contributed by atoms with Crippen molar-refractivity contribution in [1.29, 1.82) is 0 Å². The summed E-state index contributed by atoms with van der Waals surface area (Å²) in [5, 5.41) is 15.8. The van der Waals surface area contributed by atoms with Crippen LogP contribution in [0.1, 0.15) is 38.5 Å². The van der Waals surface area contributed by atoms with Crippen molar-refractivity contribution >= 4 is 22.5 Å². The normalized spacial score (nSPS) is 13.5. The number of rotatable bonds is 3. The highest BCUT2D eigenvalue weighted by Gasteiger charge is 2.22. The van der Waals surface area contributed by atoms with Gasteiger partial charge in [0.25, 0.3) is 0 Å². The van der Waals surface area contributed by atoms with Crippen LogP contribution in [0.5, 0.6) is 0 Å². The smallest absolute Gasteiger partial charge is 0.210 e. The third-order valence-corrected chi connectivity index (χ3v) is 4.69. The van der Waals surface area contributed by atoms with Gasteiger partial charge in [-0.1, -0.05) is 54.2 Å². The minimum Gasteiger partial charge on any atom is -0.215 e. The molecule has 2 aromatic carbocycles. The number of benzene rings is 2. The molecule has 0 saturated carbocycles. The van der Waals surface area contributed by atoms with Crippen molar-refractivity contribution in [2.75, 3.05) is 0 Å². The van der Waals surface area contributed by atoms with E-state index in [0.717, 1.165) is 5.16 Å². The highest BCUT2D eigenvalue weighted by molar-refractivity contribution is 7.99. The van der Waals surface area contributed by atoms with Gasteiger partial charge in [-0.3, -0.25) is 0 Å². The van der Waals surface area contributed by atoms with Gasteiger partial charge in [0.2, 0.25) is 5.16 Å². The minimum atomic E-state index is -0.116. The largest absolute Gasteiger partial charge is 0.215 e. The van der Waals surface area contributed by atoms with E-state index in [9.17, 15) is 0 Å². The summed E-state index contributed by atoms with van der Waals surface area (Å²) in [6, 6.07) is 15.0. The van der Waals surface area contributed by atoms with Gasteiger partial charge in [0.05, 0.1) is 5.54 Å². The van der Waals surface area contributed by atoms with Crippen molar-refractivity contribution in [3.63, 3.8) is 0 Å². The molecule has 22 heavy (non-hydrogen) atoms. The van der Waals surface area contributed by atoms with Gasteiger partial charge in [0.15, 0.2) is 0 Å². The molecule has 114 valence electrons. The van der Waals surface area contributed by atoms with E-state index in [4.69, 9.17) is 0 Å². The van der Waals surface area contributed by atoms with Crippen LogP contribution in [-0.2, 0) is 5.54 Å². The molecule has 1 atom stereocenters. The standard InChI is InChI=1S/C17H20N4S/c1-12(22-16-18-19-20-21(16)17(2,3)4)14-10-9-13-7-5-6-8-15(13)11-14/h5-12H,1-4H3. The molecule has 0 radical (unpaired) electrons. The monoisotopic (exact) mass is 312 g/mol. The number of nitrogens with zero attached hydrogens (tertiary/aromatic N) is 4. The predicted molar refractivity (Wildman–Crippen MR) is 91.0 cm³/mol. The van der Waals surface area contributed by atoms with Crippen molar-refractivity contribution in [3.8, 4) is 0 Å². The van der Waals surface area contributed by atoms with E-state index in [-0.39, 0.29) is 10.8 Å². The van der Waals surface area contributed by atoms with Crippen LogP contribution in [-0.4, -0.2) is 20.2 Å². The van der Waals surface area contributed by atoms with E-state index >= 15 is 0 Å². The van der Waals surface area contributed by atoms with Gasteiger partial charge in [-0.15, -0.1) is 5.10 Å². The van der Waals surface area contributed by atoms with Crippen LogP contribution in [0.25, 0.3) is 10.8 Å². The molecule has 1 aromatic heterocycles. The first-order chi connectivity index (χ1) is 10.4. The Morgan fingerprint density at radius 3 is 2.50 bits per heavy atom. The molecule has 5 heteroatoms. The van der Waals surface area contributed by atoms with Crippen molar-refractivity contribution in [2.24, 2.45) is 0 Å². The Balaban J connectivity index is 1.87. The molecule has 0 bridgehead atoms. The van der Waals surface area contributed by atoms with E-state index in [2.05, 4.69) is 85.7 Å². The summed E-state index contributed by atoms with van der Waals surface area (Å²) in [7, 11) is 0. The third kappa shape index (κ3) is 2.99. The first-order valence-electron chi connectivity index (χ1n) is 7.39. The third-order valence-electron chi connectivity index (χ3n) is 3.60. The molecule has 0 saturated heterocycles. The SMILES string of the molecule is CC(Sc1nnnn1C(C)(C)C)c1ccc2ccccc2c1. The number of hydrogen-bond donors (Lipinski definition) is 0. The van der Waals surface area contributed by atoms with E-state index in [1.807, 2.05) is 4.68 Å². The number of tetrazole rings is 1. The maximum atomic E-state index is 4.18. The first-order valence-corrected chi connectivity index (χ1v) is 8.27. The quantitative estimate of drug-likeness (QED) is 0.671. The molecule has 1 heterocycles. The molecule has 3 aromatic rings. The highest BCUT2D eigenvalue weighted by Crippen LogP contribution is 2.35. The summed E-state index contributed by atoms with van der Waals surface area (Å²) in [5.74, 6) is 0. The van der Waals surface area contributed by atoms with Gasteiger partial charge in [0, 0.05) is 5.25 Å². The molecule has 0 fully saturated rings. The van der Waals surface area contributed by atoms with Crippen LogP contribution in [0.4, 0.5) is 0 Å². The molecular weight excluding hydrogens is 292 g/mol. The van der Waals surface area contributed by atoms with Gasteiger partial charge in [-0.2, -0.15) is 0 Å². The molecule has 0 amide bonds. The Kier molecular flexibility index (Phi) is 3.91. The van der Waals surface area contributed by atoms with E-state index in [1.165, 1.54) is 16.3 Å². The topological polar surface area (TPSA) is 43.6 Å². The van der Waals surface area contributed by atoms with Crippen LogP contribution in [0, 0.1) is 0 Å². The number of aromatic nitrogens is 4. The fourth-order valence-corrected chi connectivity index (χ4v) is 3.45. The minimum absolute atomic E-state index is 0.116. The Morgan fingerprint density at radius 2 is 1.77 bits per heavy atom. The molecular formula is C17H20N4S. The van der Waals surface area contributed by atoms with Crippen molar-refractivity contribution < 1.29 is 0 Å². The van der Waals surface area contributed by atoms with Gasteiger partial charge < -0.3 is 0 Å². The Hall–Kier alpha value is -1.88. The van der Waals surface area contributed by atoms with Gasteiger partial charge in [-0.25, -0.2) is 4.68 Å². The zero-order valence-electron chi connectivity index (χ0n) is 13.3. The summed E-state index contributed by atoms with van der Waals surface area (Å²) in [6.07, 6.45) is 0. The summed E-state index contributed by atoms with van der Waals surface area (Å²) in [5.41, 5.74) is 1.17. The van der Waals surface area contributed by atoms with Gasteiger partial charge in [0.1, 0.15) is 0 Å². The lowest BCUT2D eigenvalue weighted by Crippen LogP contribution is -2.24. The zero-order chi connectivity index (χ0) is 15.7. The number of hydrogen-bond acceptors (Lipinski definition) is 4. The van der Waals surface area contributed by atoms with Crippen molar-refractivity contribution in [2.45, 2.75) is 43.6 Å². The molecule has 0 aliphatic carbocycles. The van der Waals surface area contributed by atoms with E-state index in [1.54, 1.807) is 11.8 Å². The molecule has 0 aliphatic heterocycles. The highest BCUT2D eigenvalue weighted by atomic mass is 32.2. The second kappa shape index (κ2) is 5.72. The average molecular weight is 312 g/mol. The van der Waals surface area contributed by atoms with E-state index < -0.39 is 0 Å². The second-order valence-electron chi connectivity index (χ2n) is 6.41. The summed E-state index contributed by atoms with van der Waals surface area (Å²) in [6.45, 7) is 8.51. The van der Waals surface area contributed by atoms with Crippen LogP contribution in [0.3, 0.4) is 0 Å². The summed E-state index contributed by atoms with van der Waals surface area (Å²) >= 11 is 1.69. The number of fused-ring (bicyclic) bond motifs is 1. The molecule has 0 N–H and O–H groups in total. The van der Waals surface area contributed by atoms with Crippen LogP contribution >= 0.6 is 11.8 Å². The summed E-state index contributed by atoms with van der Waals surface area (Å²) in [4.78, 5) is 0. The Labute approximate surface area is 134 Å². The van der Waals surface area contributed by atoms with E-state index in [0.29, 0.717) is 0 Å². The van der Waals surface area contributed by atoms with Crippen molar-refractivity contribution in [1.82, 2.24) is 20.2 Å². The maximum Gasteiger partial charge on any atom is 0.210 e. The zero-order valence-corrected chi connectivity index (χ0v) is 14.1. The fraction of sp³-hybridized carbons (Fsp3) is 0.353. The predicted octanol–water partition coefficient (Wildman–Crippen LogP) is 4.43. The lowest BCUT2D eigenvalue weighted by atomic mass is 10.1. The molecule has 4 nitrogen and oxygen atoms in total. The lowest BCUT2D eigenvalue weighted by molar-refractivity contribution is 0.321. The Bertz CT molecular complexity index is 788. The van der Waals surface area contributed by atoms with Crippen LogP contribution in [0.15, 0.2) is 47.6 Å². The maximum absolute atomic E-state index is 4.18. The first kappa shape index (κ1) is 15.0. The molecule has 0 aliphatic rings. The number of thioether (sulfide) groups is 1.